The van der Waals surface area contributed by atoms with Gasteiger partial charge in [0.15, 0.2) is 17.8 Å². The molecule has 0 spiro atoms. The largest absolute Gasteiger partial charge is 0.461 e. The molecule has 0 aromatic rings. The number of allylic oxidation sites excluding steroid dienone is 2. The summed E-state index contributed by atoms with van der Waals surface area (Å²) in [6, 6.07) is 0. The van der Waals surface area contributed by atoms with Crippen molar-refractivity contribution in [2.75, 3.05) is 6.61 Å². The van der Waals surface area contributed by atoms with Crippen molar-refractivity contribution in [3.63, 3.8) is 0 Å². The topological polar surface area (TPSA) is 74.5 Å². The second-order valence-electron chi connectivity index (χ2n) is 3.29. The standard InChI is InChI=1S/C10H10BrN3O3/c1-2-17-10(16)8-9(15)14-4-3-6(11)5-7(14)12-13-8/h3-5,9,15H,2H2,1H3. The van der Waals surface area contributed by atoms with Gasteiger partial charge in [0.25, 0.3) is 0 Å². The van der Waals surface area contributed by atoms with Gasteiger partial charge in [0.2, 0.25) is 0 Å². The number of aliphatic hydroxyl groups excluding tert-OH is 1. The van der Waals surface area contributed by atoms with E-state index < -0.39 is 12.2 Å². The van der Waals surface area contributed by atoms with Crippen LogP contribution < -0.4 is 0 Å². The molecule has 90 valence electrons. The number of hydrogen-bond acceptors (Lipinski definition) is 6. The van der Waals surface area contributed by atoms with Gasteiger partial charge in [-0.2, -0.15) is 0 Å². The van der Waals surface area contributed by atoms with E-state index in [1.54, 1.807) is 25.3 Å². The summed E-state index contributed by atoms with van der Waals surface area (Å²) in [7, 11) is 0. The summed E-state index contributed by atoms with van der Waals surface area (Å²) < 4.78 is 5.59. The number of amidine groups is 1. The molecule has 2 rings (SSSR count). The van der Waals surface area contributed by atoms with Crippen LogP contribution in [0.3, 0.4) is 0 Å². The highest BCUT2D eigenvalue weighted by atomic mass is 79.9. The number of halogens is 1. The molecule has 6 nitrogen and oxygen atoms in total. The normalized spacial score (nSPS) is 22.4. The average molecular weight is 300 g/mol. The van der Waals surface area contributed by atoms with Gasteiger partial charge in [-0.05, 0) is 19.1 Å². The highest BCUT2D eigenvalue weighted by molar-refractivity contribution is 9.11. The molecule has 17 heavy (non-hydrogen) atoms. The Kier molecular flexibility index (Phi) is 3.39. The van der Waals surface area contributed by atoms with Gasteiger partial charge in [0.1, 0.15) is 0 Å². The Hall–Kier alpha value is -1.47. The van der Waals surface area contributed by atoms with E-state index in [0.717, 1.165) is 4.48 Å². The molecule has 0 bridgehead atoms. The number of aliphatic hydroxyl groups is 1. The maximum atomic E-state index is 11.5. The van der Waals surface area contributed by atoms with Crippen LogP contribution in [0.2, 0.25) is 0 Å². The van der Waals surface area contributed by atoms with Crippen LogP contribution in [0, 0.1) is 0 Å². The van der Waals surface area contributed by atoms with Gasteiger partial charge in [-0.25, -0.2) is 4.79 Å². The van der Waals surface area contributed by atoms with E-state index in [-0.39, 0.29) is 12.3 Å². The van der Waals surface area contributed by atoms with E-state index in [2.05, 4.69) is 26.1 Å². The highest BCUT2D eigenvalue weighted by Crippen LogP contribution is 2.19. The Morgan fingerprint density at radius 1 is 1.65 bits per heavy atom. The molecule has 0 saturated carbocycles. The van der Waals surface area contributed by atoms with Gasteiger partial charge in [0.05, 0.1) is 6.61 Å². The van der Waals surface area contributed by atoms with Crippen LogP contribution in [0.1, 0.15) is 6.92 Å². The first-order valence-electron chi connectivity index (χ1n) is 4.98. The number of esters is 1. The summed E-state index contributed by atoms with van der Waals surface area (Å²) in [5.74, 6) is -0.204. The van der Waals surface area contributed by atoms with Crippen molar-refractivity contribution >= 4 is 33.4 Å². The third-order valence-electron chi connectivity index (χ3n) is 2.18. The van der Waals surface area contributed by atoms with Gasteiger partial charge in [0, 0.05) is 10.7 Å². The maximum absolute atomic E-state index is 11.5. The number of ether oxygens (including phenoxy) is 1. The number of carbonyl (C=O) groups is 1. The summed E-state index contributed by atoms with van der Waals surface area (Å²) in [5.41, 5.74) is -0.119. The molecule has 2 heterocycles. The average Bonchev–Trinajstić information content (AvgIpc) is 2.29. The first-order valence-corrected chi connectivity index (χ1v) is 5.77. The smallest absolute Gasteiger partial charge is 0.359 e. The van der Waals surface area contributed by atoms with Gasteiger partial charge >= 0.3 is 5.97 Å². The molecular weight excluding hydrogens is 290 g/mol. The SMILES string of the molecule is CCOC(=O)C1=NN=C2C=C(Br)C=CN2C1O. The second-order valence-corrected chi connectivity index (χ2v) is 4.21. The molecule has 1 atom stereocenters. The fraction of sp³-hybridized carbons (Fsp3) is 0.300. The van der Waals surface area contributed by atoms with Gasteiger partial charge in [-0.3, -0.25) is 4.90 Å². The van der Waals surface area contributed by atoms with Crippen LogP contribution in [0.5, 0.6) is 0 Å². The van der Waals surface area contributed by atoms with Crippen LogP contribution in [0.25, 0.3) is 0 Å². The Labute approximate surface area is 106 Å². The predicted octanol–water partition coefficient (Wildman–Crippen LogP) is 0.744. The van der Waals surface area contributed by atoms with E-state index in [1.807, 2.05) is 0 Å². The molecule has 2 aliphatic heterocycles. The van der Waals surface area contributed by atoms with E-state index in [4.69, 9.17) is 4.74 Å². The van der Waals surface area contributed by atoms with E-state index in [9.17, 15) is 9.90 Å². The molecule has 0 aromatic carbocycles. The van der Waals surface area contributed by atoms with Crippen LogP contribution in [-0.4, -0.2) is 40.4 Å². The third-order valence-corrected chi connectivity index (χ3v) is 2.67. The Morgan fingerprint density at radius 2 is 2.41 bits per heavy atom. The minimum atomic E-state index is -1.17. The van der Waals surface area contributed by atoms with Crippen molar-refractivity contribution < 1.29 is 14.6 Å². The van der Waals surface area contributed by atoms with Crippen LogP contribution in [0.15, 0.2) is 33.0 Å². The molecule has 2 aliphatic rings. The first-order chi connectivity index (χ1) is 8.13. The number of rotatable bonds is 2. The quantitative estimate of drug-likeness (QED) is 0.763. The lowest BCUT2D eigenvalue weighted by molar-refractivity contribution is -0.135. The third kappa shape index (κ3) is 2.29. The van der Waals surface area contributed by atoms with Crippen molar-refractivity contribution in [3.8, 4) is 0 Å². The zero-order valence-corrected chi connectivity index (χ0v) is 10.6. The number of fused-ring (bicyclic) bond motifs is 1. The van der Waals surface area contributed by atoms with E-state index >= 15 is 0 Å². The molecule has 7 heteroatoms. The number of carbonyl (C=O) groups excluding carboxylic acids is 1. The molecule has 0 saturated heterocycles. The molecule has 0 aliphatic carbocycles. The van der Waals surface area contributed by atoms with E-state index in [0.29, 0.717) is 5.84 Å². The maximum Gasteiger partial charge on any atom is 0.359 e. The van der Waals surface area contributed by atoms with Crippen molar-refractivity contribution in [2.45, 2.75) is 13.2 Å². The molecule has 1 unspecified atom stereocenters. The highest BCUT2D eigenvalue weighted by Gasteiger charge is 2.32. The Bertz CT molecular complexity index is 467. The summed E-state index contributed by atoms with van der Waals surface area (Å²) in [4.78, 5) is 12.9. The summed E-state index contributed by atoms with van der Waals surface area (Å²) >= 11 is 3.28. The van der Waals surface area contributed by atoms with Gasteiger partial charge in [-0.15, -0.1) is 10.2 Å². The van der Waals surface area contributed by atoms with Crippen LogP contribution >= 0.6 is 15.9 Å². The molecule has 0 aromatic heterocycles. The number of nitrogens with zero attached hydrogens (tertiary/aromatic N) is 3. The second kappa shape index (κ2) is 4.80. The minimum absolute atomic E-state index is 0.119. The van der Waals surface area contributed by atoms with Crippen molar-refractivity contribution in [2.24, 2.45) is 10.2 Å². The van der Waals surface area contributed by atoms with Crippen molar-refractivity contribution in [3.05, 3.63) is 22.8 Å². The van der Waals surface area contributed by atoms with Crippen molar-refractivity contribution in [1.29, 1.82) is 0 Å². The summed E-state index contributed by atoms with van der Waals surface area (Å²) in [5, 5.41) is 17.5. The molecular formula is C10H10BrN3O3. The monoisotopic (exact) mass is 299 g/mol. The van der Waals surface area contributed by atoms with Gasteiger partial charge in [-0.1, -0.05) is 15.9 Å². The number of hydrogen-bond donors (Lipinski definition) is 1. The zero-order chi connectivity index (χ0) is 12.4. The molecule has 0 fully saturated rings. The fourth-order valence-electron chi connectivity index (χ4n) is 1.40. The van der Waals surface area contributed by atoms with Crippen LogP contribution in [-0.2, 0) is 9.53 Å². The zero-order valence-electron chi connectivity index (χ0n) is 9.00. The van der Waals surface area contributed by atoms with Crippen molar-refractivity contribution in [1.82, 2.24) is 4.90 Å². The molecule has 0 amide bonds. The van der Waals surface area contributed by atoms with Crippen LogP contribution in [0.4, 0.5) is 0 Å². The fourth-order valence-corrected chi connectivity index (χ4v) is 1.72. The molecule has 0 radical (unpaired) electrons. The van der Waals surface area contributed by atoms with Gasteiger partial charge < -0.3 is 9.84 Å². The lowest BCUT2D eigenvalue weighted by Crippen LogP contribution is -2.47. The first kappa shape index (κ1) is 12.0. The minimum Gasteiger partial charge on any atom is -0.461 e. The summed E-state index contributed by atoms with van der Waals surface area (Å²) in [6.45, 7) is 1.91. The Balaban J connectivity index is 2.28. The predicted molar refractivity (Wildman–Crippen MR) is 65.5 cm³/mol. The van der Waals surface area contributed by atoms with E-state index in [1.165, 1.54) is 4.90 Å². The summed E-state index contributed by atoms with van der Waals surface area (Å²) in [6.07, 6.45) is 3.86. The Morgan fingerprint density at radius 3 is 3.12 bits per heavy atom. The molecule has 1 N–H and O–H groups in total. The lowest BCUT2D eigenvalue weighted by atomic mass is 10.2. The lowest BCUT2D eigenvalue weighted by Gasteiger charge is -2.29.